The lowest BCUT2D eigenvalue weighted by Crippen LogP contribution is -2.38. The van der Waals surface area contributed by atoms with E-state index in [4.69, 9.17) is 9.72 Å². The van der Waals surface area contributed by atoms with E-state index in [9.17, 15) is 4.79 Å². The number of ether oxygens (including phenoxy) is 1. The third kappa shape index (κ3) is 5.22. The number of hydrogen-bond acceptors (Lipinski definition) is 4. The predicted molar refractivity (Wildman–Crippen MR) is 108 cm³/mol. The zero-order chi connectivity index (χ0) is 19.4. The zero-order valence-corrected chi connectivity index (χ0v) is 16.7. The van der Waals surface area contributed by atoms with E-state index in [1.807, 2.05) is 26.8 Å². The molecule has 0 atom stereocenters. The molecule has 0 N–H and O–H groups in total. The quantitative estimate of drug-likeness (QED) is 0.821. The largest absolute Gasteiger partial charge is 0.444 e. The summed E-state index contributed by atoms with van der Waals surface area (Å²) in [7, 11) is 2.06. The van der Waals surface area contributed by atoms with Crippen LogP contribution in [0.2, 0.25) is 0 Å². The molecule has 1 aromatic heterocycles. The fourth-order valence-corrected chi connectivity index (χ4v) is 3.23. The van der Waals surface area contributed by atoms with Crippen LogP contribution in [0, 0.1) is 0 Å². The van der Waals surface area contributed by atoms with Crippen LogP contribution >= 0.6 is 0 Å². The lowest BCUT2D eigenvalue weighted by molar-refractivity contribution is 0.0258. The Bertz CT molecular complexity index is 784. The number of carbonyl (C=O) groups excluding carboxylic acids is 1. The van der Waals surface area contributed by atoms with Crippen molar-refractivity contribution in [3.05, 3.63) is 59.3 Å². The van der Waals surface area contributed by atoms with Crippen LogP contribution in [-0.2, 0) is 24.1 Å². The first kappa shape index (κ1) is 19.2. The first-order valence-electron chi connectivity index (χ1n) is 9.53. The summed E-state index contributed by atoms with van der Waals surface area (Å²) in [5.74, 6) is 0.961. The second kappa shape index (κ2) is 7.99. The highest BCUT2D eigenvalue weighted by atomic mass is 16.6. The van der Waals surface area contributed by atoms with Gasteiger partial charge in [-0.25, -0.2) is 9.78 Å². The average Bonchev–Trinajstić information content (AvgIpc) is 2.83. The topological polar surface area (TPSA) is 45.7 Å². The second-order valence-electron chi connectivity index (χ2n) is 8.08. The molecule has 3 rings (SSSR count). The molecule has 0 radical (unpaired) electrons. The molecule has 0 bridgehead atoms. The van der Waals surface area contributed by atoms with E-state index in [2.05, 4.69) is 48.3 Å². The van der Waals surface area contributed by atoms with Crippen LogP contribution < -0.4 is 4.90 Å². The van der Waals surface area contributed by atoms with E-state index < -0.39 is 5.60 Å². The van der Waals surface area contributed by atoms with Gasteiger partial charge in [-0.05, 0) is 44.4 Å². The van der Waals surface area contributed by atoms with Crippen molar-refractivity contribution in [2.75, 3.05) is 25.0 Å². The molecule has 5 nitrogen and oxygen atoms in total. The molecular formula is C22H29N3O2. The summed E-state index contributed by atoms with van der Waals surface area (Å²) in [5, 5.41) is 0. The fraction of sp³-hybridized carbons (Fsp3) is 0.455. The van der Waals surface area contributed by atoms with Gasteiger partial charge in [0.15, 0.2) is 0 Å². The smallest absolute Gasteiger partial charge is 0.410 e. The molecule has 1 aliphatic rings. The standard InChI is InChI=1S/C22H29N3O2/c1-22(2,3)27-21(26)25-14-12-18-10-11-20(23-19(18)13-15-25)24(4)16-17-8-6-5-7-9-17/h5-11H,12-16H2,1-4H3. The Morgan fingerprint density at radius 2 is 1.81 bits per heavy atom. The summed E-state index contributed by atoms with van der Waals surface area (Å²) in [5.41, 5.74) is 3.09. The molecule has 0 saturated carbocycles. The minimum Gasteiger partial charge on any atom is -0.444 e. The van der Waals surface area contributed by atoms with Crippen molar-refractivity contribution >= 4 is 11.9 Å². The van der Waals surface area contributed by atoms with Gasteiger partial charge in [-0.15, -0.1) is 0 Å². The van der Waals surface area contributed by atoms with Crippen molar-refractivity contribution in [3.8, 4) is 0 Å². The Hall–Kier alpha value is -2.56. The van der Waals surface area contributed by atoms with Crippen LogP contribution in [0.4, 0.5) is 10.6 Å². The third-order valence-corrected chi connectivity index (χ3v) is 4.63. The number of rotatable bonds is 3. The van der Waals surface area contributed by atoms with Gasteiger partial charge in [-0.2, -0.15) is 0 Å². The number of anilines is 1. The molecule has 27 heavy (non-hydrogen) atoms. The van der Waals surface area contributed by atoms with Crippen molar-refractivity contribution in [1.82, 2.24) is 9.88 Å². The van der Waals surface area contributed by atoms with E-state index in [1.54, 1.807) is 4.90 Å². The number of nitrogens with zero attached hydrogens (tertiary/aromatic N) is 3. The Morgan fingerprint density at radius 1 is 1.11 bits per heavy atom. The van der Waals surface area contributed by atoms with Crippen molar-refractivity contribution in [2.24, 2.45) is 0 Å². The average molecular weight is 367 g/mol. The summed E-state index contributed by atoms with van der Waals surface area (Å²) in [4.78, 5) is 21.2. The number of carbonyl (C=O) groups is 1. The van der Waals surface area contributed by atoms with Crippen molar-refractivity contribution < 1.29 is 9.53 Å². The molecule has 0 spiro atoms. The van der Waals surface area contributed by atoms with Crippen LogP contribution in [-0.4, -0.2) is 41.7 Å². The van der Waals surface area contributed by atoms with Crippen LogP contribution in [0.3, 0.4) is 0 Å². The van der Waals surface area contributed by atoms with Gasteiger partial charge >= 0.3 is 6.09 Å². The first-order chi connectivity index (χ1) is 12.8. The monoisotopic (exact) mass is 367 g/mol. The Kier molecular flexibility index (Phi) is 5.68. The highest BCUT2D eigenvalue weighted by molar-refractivity contribution is 5.68. The SMILES string of the molecule is CN(Cc1ccccc1)c1ccc2c(n1)CCN(C(=O)OC(C)(C)C)CC2. The van der Waals surface area contributed by atoms with Gasteiger partial charge in [0.2, 0.25) is 0 Å². The van der Waals surface area contributed by atoms with Crippen LogP contribution in [0.1, 0.15) is 37.6 Å². The summed E-state index contributed by atoms with van der Waals surface area (Å²) < 4.78 is 5.52. The van der Waals surface area contributed by atoms with Crippen LogP contribution in [0.15, 0.2) is 42.5 Å². The summed E-state index contributed by atoms with van der Waals surface area (Å²) >= 11 is 0. The lowest BCUT2D eigenvalue weighted by Gasteiger charge is -2.26. The van der Waals surface area contributed by atoms with Crippen molar-refractivity contribution in [2.45, 2.75) is 45.8 Å². The van der Waals surface area contributed by atoms with Gasteiger partial charge in [0, 0.05) is 38.8 Å². The molecule has 5 heteroatoms. The van der Waals surface area contributed by atoms with E-state index >= 15 is 0 Å². The van der Waals surface area contributed by atoms with Gasteiger partial charge < -0.3 is 14.5 Å². The number of aromatic nitrogens is 1. The molecule has 1 aromatic carbocycles. The fourth-order valence-electron chi connectivity index (χ4n) is 3.23. The van der Waals surface area contributed by atoms with Crippen LogP contribution in [0.5, 0.6) is 0 Å². The Labute approximate surface area is 162 Å². The van der Waals surface area contributed by atoms with Crippen molar-refractivity contribution in [1.29, 1.82) is 0 Å². The lowest BCUT2D eigenvalue weighted by atomic mass is 10.1. The zero-order valence-electron chi connectivity index (χ0n) is 16.7. The second-order valence-corrected chi connectivity index (χ2v) is 8.08. The molecule has 144 valence electrons. The molecule has 0 saturated heterocycles. The highest BCUT2D eigenvalue weighted by Crippen LogP contribution is 2.21. The minimum atomic E-state index is -0.470. The maximum absolute atomic E-state index is 12.4. The summed E-state index contributed by atoms with van der Waals surface area (Å²) in [6, 6.07) is 14.6. The highest BCUT2D eigenvalue weighted by Gasteiger charge is 2.24. The van der Waals surface area contributed by atoms with Gasteiger partial charge in [-0.1, -0.05) is 36.4 Å². The van der Waals surface area contributed by atoms with Gasteiger partial charge in [0.1, 0.15) is 11.4 Å². The maximum Gasteiger partial charge on any atom is 0.410 e. The van der Waals surface area contributed by atoms with E-state index in [-0.39, 0.29) is 6.09 Å². The van der Waals surface area contributed by atoms with Gasteiger partial charge in [0.25, 0.3) is 0 Å². The Morgan fingerprint density at radius 3 is 2.52 bits per heavy atom. The van der Waals surface area contributed by atoms with E-state index in [1.165, 1.54) is 11.1 Å². The summed E-state index contributed by atoms with van der Waals surface area (Å²) in [6.07, 6.45) is 1.32. The van der Waals surface area contributed by atoms with Crippen LogP contribution in [0.25, 0.3) is 0 Å². The minimum absolute atomic E-state index is 0.239. The molecule has 2 heterocycles. The number of hydrogen-bond donors (Lipinski definition) is 0. The maximum atomic E-state index is 12.4. The molecular weight excluding hydrogens is 338 g/mol. The molecule has 0 aliphatic carbocycles. The molecule has 2 aromatic rings. The predicted octanol–water partition coefficient (Wildman–Crippen LogP) is 4.05. The van der Waals surface area contributed by atoms with Gasteiger partial charge in [0.05, 0.1) is 0 Å². The molecule has 0 fully saturated rings. The van der Waals surface area contributed by atoms with E-state index in [0.717, 1.165) is 30.9 Å². The summed E-state index contributed by atoms with van der Waals surface area (Å²) in [6.45, 7) is 7.82. The Balaban J connectivity index is 1.68. The number of pyridine rings is 1. The van der Waals surface area contributed by atoms with Gasteiger partial charge in [-0.3, -0.25) is 0 Å². The molecule has 1 amide bonds. The van der Waals surface area contributed by atoms with E-state index in [0.29, 0.717) is 13.1 Å². The number of amides is 1. The molecule has 0 unspecified atom stereocenters. The molecule has 1 aliphatic heterocycles. The number of fused-ring (bicyclic) bond motifs is 1. The number of benzene rings is 1. The van der Waals surface area contributed by atoms with Crippen molar-refractivity contribution in [3.63, 3.8) is 0 Å². The first-order valence-corrected chi connectivity index (χ1v) is 9.53. The normalized spacial score (nSPS) is 14.3. The third-order valence-electron chi connectivity index (χ3n) is 4.63.